The summed E-state index contributed by atoms with van der Waals surface area (Å²) in [5, 5.41) is 0. The minimum atomic E-state index is 0.875. The largest absolute Gasteiger partial charge is 0.302 e. The first kappa shape index (κ1) is 13.0. The second-order valence-electron chi connectivity index (χ2n) is 5.37. The maximum Gasteiger partial charge on any atom is 0.0108 e. The van der Waals surface area contributed by atoms with E-state index in [1.54, 1.807) is 0 Å². The van der Waals surface area contributed by atoms with Gasteiger partial charge in [-0.2, -0.15) is 0 Å². The predicted octanol–water partition coefficient (Wildman–Crippen LogP) is 3.76. The fourth-order valence-electron chi connectivity index (χ4n) is 2.78. The summed E-state index contributed by atoms with van der Waals surface area (Å²) in [7, 11) is 0. The lowest BCUT2D eigenvalue weighted by Crippen LogP contribution is -2.39. The van der Waals surface area contributed by atoms with E-state index >= 15 is 0 Å². The molecule has 1 saturated heterocycles. The van der Waals surface area contributed by atoms with Gasteiger partial charge in [-0.3, -0.25) is 0 Å². The van der Waals surface area contributed by atoms with E-state index in [1.807, 2.05) is 11.8 Å². The van der Waals surface area contributed by atoms with Crippen LogP contribution < -0.4 is 0 Å². The molecule has 0 aromatic heterocycles. The van der Waals surface area contributed by atoms with Crippen molar-refractivity contribution in [2.45, 2.75) is 25.2 Å². The van der Waals surface area contributed by atoms with Gasteiger partial charge in [-0.25, -0.2) is 0 Å². The number of hydrogen-bond donors (Lipinski definition) is 0. The first-order chi connectivity index (χ1) is 8.24. The Morgan fingerprint density at radius 3 is 2.41 bits per heavy atom. The number of likely N-dealkylation sites (tertiary alicyclic amines) is 1. The van der Waals surface area contributed by atoms with Gasteiger partial charge < -0.3 is 4.90 Å². The highest BCUT2D eigenvalue weighted by atomic mass is 32.2. The van der Waals surface area contributed by atoms with Crippen molar-refractivity contribution in [3.8, 4) is 0 Å². The van der Waals surface area contributed by atoms with E-state index in [2.05, 4.69) is 49.1 Å². The van der Waals surface area contributed by atoms with Crippen molar-refractivity contribution >= 4 is 11.8 Å². The summed E-state index contributed by atoms with van der Waals surface area (Å²) in [6.07, 6.45) is 1.41. The summed E-state index contributed by atoms with van der Waals surface area (Å²) in [4.78, 5) is 4.03. The van der Waals surface area contributed by atoms with Gasteiger partial charge in [0.25, 0.3) is 0 Å². The maximum atomic E-state index is 2.63. The molecule has 2 unspecified atom stereocenters. The van der Waals surface area contributed by atoms with E-state index in [-0.39, 0.29) is 0 Å². The predicted molar refractivity (Wildman–Crippen MR) is 76.6 cm³/mol. The van der Waals surface area contributed by atoms with Crippen LogP contribution in [0.3, 0.4) is 0 Å². The summed E-state index contributed by atoms with van der Waals surface area (Å²) in [5.41, 5.74) is 0. The van der Waals surface area contributed by atoms with Crippen molar-refractivity contribution in [3.63, 3.8) is 0 Å². The van der Waals surface area contributed by atoms with Crippen molar-refractivity contribution in [2.75, 3.05) is 25.4 Å². The van der Waals surface area contributed by atoms with E-state index in [0.717, 1.165) is 11.8 Å². The Morgan fingerprint density at radius 1 is 1.12 bits per heavy atom. The number of hydrogen-bond acceptors (Lipinski definition) is 2. The molecule has 0 N–H and O–H groups in total. The maximum absolute atomic E-state index is 2.63. The highest BCUT2D eigenvalue weighted by Crippen LogP contribution is 2.22. The van der Waals surface area contributed by atoms with Crippen molar-refractivity contribution in [1.29, 1.82) is 0 Å². The first-order valence-electron chi connectivity index (χ1n) is 6.64. The van der Waals surface area contributed by atoms with Gasteiger partial charge in [-0.15, -0.1) is 11.8 Å². The molecule has 94 valence electrons. The Hall–Kier alpha value is -0.470. The fraction of sp³-hybridized carbons (Fsp3) is 0.600. The molecule has 2 heteroatoms. The zero-order valence-electron chi connectivity index (χ0n) is 10.9. The van der Waals surface area contributed by atoms with Crippen LogP contribution in [0.15, 0.2) is 35.2 Å². The van der Waals surface area contributed by atoms with E-state index < -0.39 is 0 Å². The normalized spacial score (nSPS) is 26.0. The summed E-state index contributed by atoms with van der Waals surface area (Å²) in [5.74, 6) is 2.96. The Balaban J connectivity index is 1.71. The summed E-state index contributed by atoms with van der Waals surface area (Å²) >= 11 is 1.97. The van der Waals surface area contributed by atoms with Crippen LogP contribution in [0.1, 0.15) is 20.3 Å². The number of thioether (sulfide) groups is 1. The minimum Gasteiger partial charge on any atom is -0.302 e. The van der Waals surface area contributed by atoms with Crippen molar-refractivity contribution < 1.29 is 0 Å². The van der Waals surface area contributed by atoms with Crippen molar-refractivity contribution in [2.24, 2.45) is 11.8 Å². The van der Waals surface area contributed by atoms with E-state index in [9.17, 15) is 0 Å². The summed E-state index contributed by atoms with van der Waals surface area (Å²) in [6.45, 7) is 8.58. The molecule has 1 fully saturated rings. The molecule has 1 aliphatic heterocycles. The van der Waals surface area contributed by atoms with Crippen molar-refractivity contribution in [1.82, 2.24) is 4.90 Å². The molecule has 1 heterocycles. The number of rotatable bonds is 4. The van der Waals surface area contributed by atoms with Crippen LogP contribution in [0.5, 0.6) is 0 Å². The molecule has 1 nitrogen and oxygen atoms in total. The third kappa shape index (κ3) is 4.36. The monoisotopic (exact) mass is 249 g/mol. The second-order valence-corrected chi connectivity index (χ2v) is 6.54. The first-order valence-corrected chi connectivity index (χ1v) is 7.63. The third-order valence-corrected chi connectivity index (χ3v) is 4.36. The topological polar surface area (TPSA) is 3.24 Å². The molecule has 0 spiro atoms. The zero-order chi connectivity index (χ0) is 12.1. The molecule has 1 aromatic rings. The Kier molecular flexibility index (Phi) is 4.93. The van der Waals surface area contributed by atoms with Crippen LogP contribution in [0.4, 0.5) is 0 Å². The van der Waals surface area contributed by atoms with Gasteiger partial charge in [0, 0.05) is 30.3 Å². The standard InChI is InChI=1S/C15H23NS/c1-13-10-14(2)12-16(11-13)8-9-17-15-6-4-3-5-7-15/h3-7,13-14H,8-12H2,1-2H3. The average Bonchev–Trinajstić information content (AvgIpc) is 2.29. The van der Waals surface area contributed by atoms with Crippen LogP contribution in [-0.2, 0) is 0 Å². The smallest absolute Gasteiger partial charge is 0.0108 e. The van der Waals surface area contributed by atoms with Crippen LogP contribution in [0.25, 0.3) is 0 Å². The molecule has 2 atom stereocenters. The highest BCUT2D eigenvalue weighted by Gasteiger charge is 2.20. The molecule has 0 bridgehead atoms. The molecule has 0 aliphatic carbocycles. The molecular formula is C15H23NS. The average molecular weight is 249 g/mol. The quantitative estimate of drug-likeness (QED) is 0.748. The van der Waals surface area contributed by atoms with E-state index in [1.165, 1.54) is 36.7 Å². The Morgan fingerprint density at radius 2 is 1.76 bits per heavy atom. The van der Waals surface area contributed by atoms with Gasteiger partial charge in [0.15, 0.2) is 0 Å². The second kappa shape index (κ2) is 6.46. The molecular weight excluding hydrogens is 226 g/mol. The van der Waals surface area contributed by atoms with Gasteiger partial charge >= 0.3 is 0 Å². The van der Waals surface area contributed by atoms with Gasteiger partial charge in [0.05, 0.1) is 0 Å². The molecule has 17 heavy (non-hydrogen) atoms. The minimum absolute atomic E-state index is 0.875. The SMILES string of the molecule is CC1CC(C)CN(CCSc2ccccc2)C1. The molecule has 0 amide bonds. The van der Waals surface area contributed by atoms with Gasteiger partial charge in [-0.05, 0) is 30.4 Å². The van der Waals surface area contributed by atoms with Gasteiger partial charge in [-0.1, -0.05) is 32.0 Å². The fourth-order valence-corrected chi connectivity index (χ4v) is 3.72. The van der Waals surface area contributed by atoms with Crippen LogP contribution in [-0.4, -0.2) is 30.3 Å². The lowest BCUT2D eigenvalue weighted by Gasteiger charge is -2.34. The summed E-state index contributed by atoms with van der Waals surface area (Å²) < 4.78 is 0. The highest BCUT2D eigenvalue weighted by molar-refractivity contribution is 7.99. The Labute approximate surface area is 110 Å². The van der Waals surface area contributed by atoms with Gasteiger partial charge in [0.2, 0.25) is 0 Å². The van der Waals surface area contributed by atoms with Crippen molar-refractivity contribution in [3.05, 3.63) is 30.3 Å². The zero-order valence-corrected chi connectivity index (χ0v) is 11.7. The number of piperidine rings is 1. The van der Waals surface area contributed by atoms with Gasteiger partial charge in [0.1, 0.15) is 0 Å². The van der Waals surface area contributed by atoms with Crippen LogP contribution in [0, 0.1) is 11.8 Å². The van der Waals surface area contributed by atoms with E-state index in [0.29, 0.717) is 0 Å². The van der Waals surface area contributed by atoms with E-state index in [4.69, 9.17) is 0 Å². The lowest BCUT2D eigenvalue weighted by atomic mass is 9.92. The number of benzene rings is 1. The molecule has 0 saturated carbocycles. The molecule has 1 aromatic carbocycles. The Bertz CT molecular complexity index is 315. The summed E-state index contributed by atoms with van der Waals surface area (Å²) in [6, 6.07) is 10.7. The molecule has 2 rings (SSSR count). The lowest BCUT2D eigenvalue weighted by molar-refractivity contribution is 0.149. The molecule has 1 aliphatic rings. The third-order valence-electron chi connectivity index (χ3n) is 3.36. The number of nitrogens with zero attached hydrogens (tertiary/aromatic N) is 1. The van der Waals surface area contributed by atoms with Crippen LogP contribution in [0.2, 0.25) is 0 Å². The molecule has 0 radical (unpaired) electrons. The van der Waals surface area contributed by atoms with Crippen LogP contribution >= 0.6 is 11.8 Å².